The molecule has 0 saturated carbocycles. The number of nitrogens with two attached hydrogens (primary N) is 1. The molecule has 16 heavy (non-hydrogen) atoms. The summed E-state index contributed by atoms with van der Waals surface area (Å²) in [4.78, 5) is 10.3. The molecule has 1 unspecified atom stereocenters. The van der Waals surface area contributed by atoms with Crippen LogP contribution >= 0.6 is 15.9 Å². The van der Waals surface area contributed by atoms with Gasteiger partial charge >= 0.3 is 0 Å². The molecule has 0 aromatic carbocycles. The van der Waals surface area contributed by atoms with Gasteiger partial charge in [-0.2, -0.15) is 4.98 Å². The van der Waals surface area contributed by atoms with Gasteiger partial charge in [0.2, 0.25) is 5.95 Å². The van der Waals surface area contributed by atoms with E-state index in [2.05, 4.69) is 31.3 Å². The van der Waals surface area contributed by atoms with Crippen molar-refractivity contribution in [3.05, 3.63) is 10.7 Å². The number of likely N-dealkylation sites (N-methyl/N-ethyl adjacent to an activating group) is 1. The molecule has 0 amide bonds. The van der Waals surface area contributed by atoms with E-state index in [0.29, 0.717) is 12.6 Å². The molecule has 0 aliphatic rings. The minimum absolute atomic E-state index is 0.210. The molecule has 1 heterocycles. The van der Waals surface area contributed by atoms with E-state index in [1.807, 2.05) is 18.9 Å². The zero-order chi connectivity index (χ0) is 12.1. The minimum Gasteiger partial charge on any atom is -0.383 e. The summed E-state index contributed by atoms with van der Waals surface area (Å²) in [5.41, 5.74) is 2.42. The number of rotatable bonds is 5. The number of halogens is 1. The van der Waals surface area contributed by atoms with E-state index in [0.717, 1.165) is 10.3 Å². The molecule has 0 bridgehead atoms. The molecule has 7 heteroatoms. The van der Waals surface area contributed by atoms with Crippen LogP contribution in [0.25, 0.3) is 0 Å². The van der Waals surface area contributed by atoms with Gasteiger partial charge in [-0.15, -0.1) is 0 Å². The van der Waals surface area contributed by atoms with Crippen LogP contribution in [0.1, 0.15) is 6.92 Å². The van der Waals surface area contributed by atoms with Gasteiger partial charge in [-0.25, -0.2) is 10.8 Å². The molecular weight excluding hydrogens is 274 g/mol. The second-order valence-electron chi connectivity index (χ2n) is 3.42. The zero-order valence-electron chi connectivity index (χ0n) is 9.57. The number of hydrazine groups is 1. The maximum atomic E-state index is 5.27. The molecule has 0 radical (unpaired) electrons. The Hall–Kier alpha value is -0.920. The summed E-state index contributed by atoms with van der Waals surface area (Å²) in [6, 6.07) is 0.210. The summed E-state index contributed by atoms with van der Waals surface area (Å²) in [7, 11) is 3.61. The maximum absolute atomic E-state index is 5.27. The predicted octanol–water partition coefficient (Wildman–Crippen LogP) is 0.996. The standard InChI is InChI=1S/C9H16BrN5O/c1-6(5-16-3)15(2)8-7(10)4-12-9(13-8)14-11/h4,6H,5,11H2,1-3H3,(H,12,13,14). The molecule has 90 valence electrons. The van der Waals surface area contributed by atoms with E-state index in [4.69, 9.17) is 10.6 Å². The molecule has 0 spiro atoms. The summed E-state index contributed by atoms with van der Waals surface area (Å²) in [6.07, 6.45) is 1.66. The summed E-state index contributed by atoms with van der Waals surface area (Å²) in [5, 5.41) is 0. The van der Waals surface area contributed by atoms with E-state index in [-0.39, 0.29) is 6.04 Å². The Morgan fingerprint density at radius 3 is 2.94 bits per heavy atom. The summed E-state index contributed by atoms with van der Waals surface area (Å²) < 4.78 is 5.92. The Balaban J connectivity index is 2.92. The smallest absolute Gasteiger partial charge is 0.239 e. The van der Waals surface area contributed by atoms with Gasteiger partial charge in [0, 0.05) is 20.4 Å². The number of hydrogen-bond acceptors (Lipinski definition) is 6. The van der Waals surface area contributed by atoms with E-state index >= 15 is 0 Å². The molecule has 3 N–H and O–H groups in total. The lowest BCUT2D eigenvalue weighted by Gasteiger charge is -2.26. The number of methoxy groups -OCH3 is 1. The average molecular weight is 290 g/mol. The van der Waals surface area contributed by atoms with Crippen molar-refractivity contribution in [1.82, 2.24) is 9.97 Å². The van der Waals surface area contributed by atoms with Crippen LogP contribution in [-0.2, 0) is 4.74 Å². The molecule has 6 nitrogen and oxygen atoms in total. The van der Waals surface area contributed by atoms with Gasteiger partial charge < -0.3 is 9.64 Å². The van der Waals surface area contributed by atoms with Crippen LogP contribution in [0, 0.1) is 0 Å². The highest BCUT2D eigenvalue weighted by molar-refractivity contribution is 9.10. The van der Waals surface area contributed by atoms with E-state index in [1.54, 1.807) is 13.3 Å². The van der Waals surface area contributed by atoms with Gasteiger partial charge in [0.05, 0.1) is 17.1 Å². The Bertz CT molecular complexity index is 349. The Kier molecular flexibility index (Phi) is 4.91. The number of anilines is 2. The first-order valence-electron chi connectivity index (χ1n) is 4.81. The second kappa shape index (κ2) is 5.97. The van der Waals surface area contributed by atoms with Crippen molar-refractivity contribution < 1.29 is 4.74 Å². The molecule has 0 aliphatic heterocycles. The van der Waals surface area contributed by atoms with Gasteiger partial charge in [0.1, 0.15) is 5.82 Å². The lowest BCUT2D eigenvalue weighted by atomic mass is 10.3. The molecular formula is C9H16BrN5O. The topological polar surface area (TPSA) is 76.3 Å². The largest absolute Gasteiger partial charge is 0.383 e. The minimum atomic E-state index is 0.210. The lowest BCUT2D eigenvalue weighted by Crippen LogP contribution is -2.33. The van der Waals surface area contributed by atoms with Crippen molar-refractivity contribution in [3.63, 3.8) is 0 Å². The molecule has 0 fully saturated rings. The van der Waals surface area contributed by atoms with Gasteiger partial charge in [0.25, 0.3) is 0 Å². The Morgan fingerprint density at radius 2 is 2.38 bits per heavy atom. The fourth-order valence-electron chi connectivity index (χ4n) is 1.24. The number of nitrogen functional groups attached to an aromatic ring is 1. The first-order valence-corrected chi connectivity index (χ1v) is 5.60. The van der Waals surface area contributed by atoms with Crippen LogP contribution in [0.5, 0.6) is 0 Å². The van der Waals surface area contributed by atoms with Crippen LogP contribution in [-0.4, -0.2) is 36.8 Å². The maximum Gasteiger partial charge on any atom is 0.239 e. The third kappa shape index (κ3) is 3.03. The second-order valence-corrected chi connectivity index (χ2v) is 4.28. The van der Waals surface area contributed by atoms with E-state index < -0.39 is 0 Å². The Morgan fingerprint density at radius 1 is 1.69 bits per heavy atom. The van der Waals surface area contributed by atoms with Crippen molar-refractivity contribution in [2.24, 2.45) is 5.84 Å². The summed E-state index contributed by atoms with van der Waals surface area (Å²) >= 11 is 3.40. The van der Waals surface area contributed by atoms with Crippen LogP contribution in [0.2, 0.25) is 0 Å². The number of ether oxygens (including phenoxy) is 1. The van der Waals surface area contributed by atoms with Crippen molar-refractivity contribution in [1.29, 1.82) is 0 Å². The molecule has 1 rings (SSSR count). The van der Waals surface area contributed by atoms with Crippen LogP contribution in [0.15, 0.2) is 10.7 Å². The summed E-state index contributed by atoms with van der Waals surface area (Å²) in [6.45, 7) is 2.67. The highest BCUT2D eigenvalue weighted by Crippen LogP contribution is 2.24. The van der Waals surface area contributed by atoms with Crippen LogP contribution < -0.4 is 16.2 Å². The number of nitrogens with zero attached hydrogens (tertiary/aromatic N) is 3. The zero-order valence-corrected chi connectivity index (χ0v) is 11.2. The molecule has 0 saturated heterocycles. The molecule has 1 aromatic rings. The van der Waals surface area contributed by atoms with Crippen molar-refractivity contribution in [3.8, 4) is 0 Å². The fourth-order valence-corrected chi connectivity index (χ4v) is 1.71. The normalized spacial score (nSPS) is 12.3. The van der Waals surface area contributed by atoms with Gasteiger partial charge in [-0.05, 0) is 22.9 Å². The van der Waals surface area contributed by atoms with Gasteiger partial charge in [0.15, 0.2) is 0 Å². The van der Waals surface area contributed by atoms with Gasteiger partial charge in [-0.1, -0.05) is 0 Å². The number of aromatic nitrogens is 2. The average Bonchev–Trinajstić information content (AvgIpc) is 2.29. The fraction of sp³-hybridized carbons (Fsp3) is 0.556. The molecule has 0 aliphatic carbocycles. The summed E-state index contributed by atoms with van der Waals surface area (Å²) in [5.74, 6) is 6.42. The number of hydrogen-bond donors (Lipinski definition) is 2. The van der Waals surface area contributed by atoms with Crippen molar-refractivity contribution in [2.45, 2.75) is 13.0 Å². The van der Waals surface area contributed by atoms with Crippen LogP contribution in [0.4, 0.5) is 11.8 Å². The molecule has 1 atom stereocenters. The quantitative estimate of drug-likeness (QED) is 0.622. The highest BCUT2D eigenvalue weighted by Gasteiger charge is 2.15. The van der Waals surface area contributed by atoms with Crippen molar-refractivity contribution >= 4 is 27.7 Å². The van der Waals surface area contributed by atoms with Crippen molar-refractivity contribution in [2.75, 3.05) is 31.1 Å². The first-order chi connectivity index (χ1) is 7.60. The SMILES string of the molecule is COCC(C)N(C)c1nc(NN)ncc1Br. The monoisotopic (exact) mass is 289 g/mol. The van der Waals surface area contributed by atoms with E-state index in [1.165, 1.54) is 0 Å². The molecule has 1 aromatic heterocycles. The lowest BCUT2D eigenvalue weighted by molar-refractivity contribution is 0.183. The van der Waals surface area contributed by atoms with Gasteiger partial charge in [-0.3, -0.25) is 5.43 Å². The van der Waals surface area contributed by atoms with Crippen LogP contribution in [0.3, 0.4) is 0 Å². The Labute approximate surface area is 103 Å². The third-order valence-electron chi connectivity index (χ3n) is 2.26. The predicted molar refractivity (Wildman–Crippen MR) is 67.3 cm³/mol. The highest BCUT2D eigenvalue weighted by atomic mass is 79.9. The number of nitrogens with one attached hydrogen (secondary N) is 1. The van der Waals surface area contributed by atoms with E-state index in [9.17, 15) is 0 Å². The third-order valence-corrected chi connectivity index (χ3v) is 2.82. The first kappa shape index (κ1) is 13.1.